The lowest BCUT2D eigenvalue weighted by atomic mass is 10.1. The van der Waals surface area contributed by atoms with Crippen LogP contribution in [0.1, 0.15) is 18.1 Å². The predicted molar refractivity (Wildman–Crippen MR) is 63.9 cm³/mol. The fraction of sp³-hybridized carbons (Fsp3) is 0.538. The van der Waals surface area contributed by atoms with Gasteiger partial charge in [-0.1, -0.05) is 6.07 Å². The maximum absolute atomic E-state index is 13.0. The molecule has 0 saturated carbocycles. The van der Waals surface area contributed by atoms with Gasteiger partial charge in [0.05, 0.1) is 0 Å². The van der Waals surface area contributed by atoms with E-state index in [1.165, 1.54) is 5.56 Å². The molecule has 1 aliphatic rings. The Labute approximate surface area is 96.5 Å². The highest BCUT2D eigenvalue weighted by molar-refractivity contribution is 5.26. The van der Waals surface area contributed by atoms with Crippen molar-refractivity contribution in [1.82, 2.24) is 10.2 Å². The van der Waals surface area contributed by atoms with Crippen LogP contribution in [0.4, 0.5) is 4.39 Å². The Morgan fingerprint density at radius 2 is 2.31 bits per heavy atom. The van der Waals surface area contributed by atoms with E-state index in [1.807, 2.05) is 13.0 Å². The number of nitrogens with zero attached hydrogens (tertiary/aromatic N) is 1. The van der Waals surface area contributed by atoms with Crippen LogP contribution in [0.2, 0.25) is 0 Å². The topological polar surface area (TPSA) is 15.3 Å². The number of aryl methyl sites for hydroxylation is 1. The monoisotopic (exact) mass is 222 g/mol. The molecule has 3 heteroatoms. The summed E-state index contributed by atoms with van der Waals surface area (Å²) in [5, 5.41) is 3.42. The third kappa shape index (κ3) is 2.80. The maximum Gasteiger partial charge on any atom is 0.123 e. The van der Waals surface area contributed by atoms with Crippen LogP contribution in [0, 0.1) is 12.7 Å². The summed E-state index contributed by atoms with van der Waals surface area (Å²) < 4.78 is 13.0. The van der Waals surface area contributed by atoms with E-state index in [1.54, 1.807) is 12.1 Å². The largest absolute Gasteiger partial charge is 0.312 e. The van der Waals surface area contributed by atoms with Crippen LogP contribution in [0.15, 0.2) is 18.2 Å². The summed E-state index contributed by atoms with van der Waals surface area (Å²) >= 11 is 0. The summed E-state index contributed by atoms with van der Waals surface area (Å²) in [5.41, 5.74) is 2.28. The summed E-state index contributed by atoms with van der Waals surface area (Å²) in [6.07, 6.45) is 0. The second-order valence-electron chi connectivity index (χ2n) is 4.66. The van der Waals surface area contributed by atoms with Gasteiger partial charge in [-0.05, 0) is 37.1 Å². The molecular formula is C13H19FN2. The van der Waals surface area contributed by atoms with Gasteiger partial charge in [0.15, 0.2) is 0 Å². The lowest BCUT2D eigenvalue weighted by molar-refractivity contribution is 0.199. The number of hydrogen-bond acceptors (Lipinski definition) is 2. The second-order valence-corrected chi connectivity index (χ2v) is 4.66. The summed E-state index contributed by atoms with van der Waals surface area (Å²) in [6, 6.07) is 5.61. The lowest BCUT2D eigenvalue weighted by Gasteiger charge is -2.32. The van der Waals surface area contributed by atoms with Crippen LogP contribution in [0.25, 0.3) is 0 Å². The van der Waals surface area contributed by atoms with E-state index < -0.39 is 0 Å². The van der Waals surface area contributed by atoms with Crippen molar-refractivity contribution in [2.24, 2.45) is 0 Å². The molecule has 1 saturated heterocycles. The highest BCUT2D eigenvalue weighted by Crippen LogP contribution is 2.13. The highest BCUT2D eigenvalue weighted by Gasteiger charge is 2.16. The Kier molecular flexibility index (Phi) is 3.56. The highest BCUT2D eigenvalue weighted by atomic mass is 19.1. The molecule has 1 heterocycles. The molecular weight excluding hydrogens is 203 g/mol. The standard InChI is InChI=1S/C13H19FN2/c1-10-7-13(14)4-3-12(10)9-16-6-5-15-11(2)8-16/h3-4,7,11,15H,5-6,8-9H2,1-2H3/t11-/m1/s1. The number of halogens is 1. The Morgan fingerprint density at radius 3 is 3.00 bits per heavy atom. The fourth-order valence-electron chi connectivity index (χ4n) is 2.23. The Hall–Kier alpha value is -0.930. The average molecular weight is 222 g/mol. The molecule has 2 nitrogen and oxygen atoms in total. The van der Waals surface area contributed by atoms with Crippen molar-refractivity contribution in [3.05, 3.63) is 35.1 Å². The third-order valence-corrected chi connectivity index (χ3v) is 3.15. The smallest absolute Gasteiger partial charge is 0.123 e. The summed E-state index contributed by atoms with van der Waals surface area (Å²) in [6.45, 7) is 8.28. The van der Waals surface area contributed by atoms with Gasteiger partial charge in [0.1, 0.15) is 5.82 Å². The van der Waals surface area contributed by atoms with E-state index >= 15 is 0 Å². The SMILES string of the molecule is Cc1cc(F)ccc1CN1CCN[C@H](C)C1. The van der Waals surface area contributed by atoms with Crippen molar-refractivity contribution in [2.75, 3.05) is 19.6 Å². The zero-order valence-corrected chi connectivity index (χ0v) is 9.96. The van der Waals surface area contributed by atoms with Crippen molar-refractivity contribution in [3.63, 3.8) is 0 Å². The van der Waals surface area contributed by atoms with Crippen LogP contribution < -0.4 is 5.32 Å². The van der Waals surface area contributed by atoms with E-state index in [0.717, 1.165) is 31.7 Å². The first-order valence-electron chi connectivity index (χ1n) is 5.86. The second kappa shape index (κ2) is 4.93. The van der Waals surface area contributed by atoms with Gasteiger partial charge in [0.2, 0.25) is 0 Å². The summed E-state index contributed by atoms with van der Waals surface area (Å²) in [4.78, 5) is 2.42. The van der Waals surface area contributed by atoms with Crippen LogP contribution in [0.3, 0.4) is 0 Å². The zero-order chi connectivity index (χ0) is 11.5. The van der Waals surface area contributed by atoms with E-state index in [-0.39, 0.29) is 5.82 Å². The fourth-order valence-corrected chi connectivity index (χ4v) is 2.23. The van der Waals surface area contributed by atoms with Crippen molar-refractivity contribution in [1.29, 1.82) is 0 Å². The zero-order valence-electron chi connectivity index (χ0n) is 9.96. The molecule has 0 aliphatic carbocycles. The average Bonchev–Trinajstić information content (AvgIpc) is 2.22. The molecule has 16 heavy (non-hydrogen) atoms. The molecule has 1 atom stereocenters. The number of hydrogen-bond donors (Lipinski definition) is 1. The molecule has 0 spiro atoms. The molecule has 1 aromatic rings. The van der Waals surface area contributed by atoms with Crippen molar-refractivity contribution < 1.29 is 4.39 Å². The first-order valence-corrected chi connectivity index (χ1v) is 5.86. The number of nitrogens with one attached hydrogen (secondary N) is 1. The van der Waals surface area contributed by atoms with E-state index in [9.17, 15) is 4.39 Å². The van der Waals surface area contributed by atoms with E-state index in [2.05, 4.69) is 17.1 Å². The molecule has 0 radical (unpaired) electrons. The molecule has 0 bridgehead atoms. The number of benzene rings is 1. The van der Waals surface area contributed by atoms with Crippen molar-refractivity contribution >= 4 is 0 Å². The third-order valence-electron chi connectivity index (χ3n) is 3.15. The van der Waals surface area contributed by atoms with Crippen LogP contribution >= 0.6 is 0 Å². The molecule has 1 N–H and O–H groups in total. The van der Waals surface area contributed by atoms with E-state index in [0.29, 0.717) is 6.04 Å². The lowest BCUT2D eigenvalue weighted by Crippen LogP contribution is -2.48. The molecule has 0 aromatic heterocycles. The van der Waals surface area contributed by atoms with Gasteiger partial charge in [-0.15, -0.1) is 0 Å². The molecule has 0 unspecified atom stereocenters. The molecule has 2 rings (SSSR count). The molecule has 1 aromatic carbocycles. The normalized spacial score (nSPS) is 22.3. The molecule has 88 valence electrons. The van der Waals surface area contributed by atoms with Crippen molar-refractivity contribution in [2.45, 2.75) is 26.4 Å². The van der Waals surface area contributed by atoms with Gasteiger partial charge in [-0.25, -0.2) is 4.39 Å². The molecule has 1 fully saturated rings. The van der Waals surface area contributed by atoms with Gasteiger partial charge in [0.25, 0.3) is 0 Å². The van der Waals surface area contributed by atoms with Crippen molar-refractivity contribution in [3.8, 4) is 0 Å². The maximum atomic E-state index is 13.0. The van der Waals surface area contributed by atoms with Gasteiger partial charge >= 0.3 is 0 Å². The summed E-state index contributed by atoms with van der Waals surface area (Å²) in [7, 11) is 0. The first-order chi connectivity index (χ1) is 7.65. The quantitative estimate of drug-likeness (QED) is 0.822. The van der Waals surface area contributed by atoms with Crippen LogP contribution in [0.5, 0.6) is 0 Å². The van der Waals surface area contributed by atoms with Crippen LogP contribution in [-0.2, 0) is 6.54 Å². The van der Waals surface area contributed by atoms with Gasteiger partial charge in [-0.2, -0.15) is 0 Å². The number of rotatable bonds is 2. The van der Waals surface area contributed by atoms with Gasteiger partial charge in [0, 0.05) is 32.2 Å². The predicted octanol–water partition coefficient (Wildman–Crippen LogP) is 1.93. The van der Waals surface area contributed by atoms with Crippen LogP contribution in [-0.4, -0.2) is 30.6 Å². The first kappa shape index (κ1) is 11.6. The Balaban J connectivity index is 2.02. The number of piperazine rings is 1. The molecule has 1 aliphatic heterocycles. The Morgan fingerprint density at radius 1 is 1.50 bits per heavy atom. The van der Waals surface area contributed by atoms with Gasteiger partial charge in [-0.3, -0.25) is 4.90 Å². The van der Waals surface area contributed by atoms with E-state index in [4.69, 9.17) is 0 Å². The minimum atomic E-state index is -0.144. The summed E-state index contributed by atoms with van der Waals surface area (Å²) in [5.74, 6) is -0.144. The minimum absolute atomic E-state index is 0.144. The molecule has 0 amide bonds. The minimum Gasteiger partial charge on any atom is -0.312 e. The van der Waals surface area contributed by atoms with Gasteiger partial charge < -0.3 is 5.32 Å². The Bertz CT molecular complexity index is 365.